The number of aromatic amines is 1. The van der Waals surface area contributed by atoms with Crippen molar-refractivity contribution in [3.8, 4) is 0 Å². The number of aryl methyl sites for hydroxylation is 2. The Bertz CT molecular complexity index is 1000. The number of H-pyrrole nitrogens is 1. The third kappa shape index (κ3) is 5.27. The standard InChI is InChI=1S/C20H20N4O2S/c1-13-8-9-14(2)16(10-13)21-18(25)12-27-20-22-19(26)17(23-24-20)11-15-6-4-3-5-7-15/h3-10H,11-12H2,1-2H3,(H,21,25)(H,22,24,26). The number of aromatic nitrogens is 3. The van der Waals surface area contributed by atoms with Gasteiger partial charge in [0.25, 0.3) is 5.56 Å². The Hall–Kier alpha value is -2.93. The van der Waals surface area contributed by atoms with E-state index in [9.17, 15) is 9.59 Å². The summed E-state index contributed by atoms with van der Waals surface area (Å²) in [5.41, 5.74) is 3.92. The average molecular weight is 380 g/mol. The topological polar surface area (TPSA) is 87.7 Å². The van der Waals surface area contributed by atoms with E-state index in [1.54, 1.807) is 0 Å². The van der Waals surface area contributed by atoms with Crippen LogP contribution < -0.4 is 10.9 Å². The van der Waals surface area contributed by atoms with Crippen molar-refractivity contribution in [1.82, 2.24) is 15.2 Å². The second-order valence-electron chi connectivity index (χ2n) is 6.22. The molecule has 0 spiro atoms. The summed E-state index contributed by atoms with van der Waals surface area (Å²) >= 11 is 1.15. The van der Waals surface area contributed by atoms with Gasteiger partial charge in [0.15, 0.2) is 5.16 Å². The predicted molar refractivity (Wildman–Crippen MR) is 107 cm³/mol. The van der Waals surface area contributed by atoms with Gasteiger partial charge >= 0.3 is 0 Å². The van der Waals surface area contributed by atoms with Crippen LogP contribution in [0.25, 0.3) is 0 Å². The number of amides is 1. The fourth-order valence-corrected chi connectivity index (χ4v) is 3.11. The van der Waals surface area contributed by atoms with E-state index in [2.05, 4.69) is 20.5 Å². The van der Waals surface area contributed by atoms with Gasteiger partial charge in [0.05, 0.1) is 5.75 Å². The van der Waals surface area contributed by atoms with Gasteiger partial charge in [-0.05, 0) is 36.6 Å². The highest BCUT2D eigenvalue weighted by atomic mass is 32.2. The van der Waals surface area contributed by atoms with Crippen LogP contribution in [0.1, 0.15) is 22.4 Å². The molecular formula is C20H20N4O2S. The van der Waals surface area contributed by atoms with Crippen LogP contribution in [0.2, 0.25) is 0 Å². The number of thioether (sulfide) groups is 1. The zero-order valence-corrected chi connectivity index (χ0v) is 16.0. The number of nitrogens with zero attached hydrogens (tertiary/aromatic N) is 2. The fourth-order valence-electron chi connectivity index (χ4n) is 2.51. The van der Waals surface area contributed by atoms with Gasteiger partial charge in [-0.3, -0.25) is 14.6 Å². The Morgan fingerprint density at radius 2 is 1.89 bits per heavy atom. The van der Waals surface area contributed by atoms with Crippen LogP contribution in [0.15, 0.2) is 58.5 Å². The van der Waals surface area contributed by atoms with Crippen LogP contribution in [0.3, 0.4) is 0 Å². The third-order valence-corrected chi connectivity index (χ3v) is 4.83. The summed E-state index contributed by atoms with van der Waals surface area (Å²) in [6.07, 6.45) is 0.418. The van der Waals surface area contributed by atoms with Gasteiger partial charge in [0.2, 0.25) is 5.91 Å². The SMILES string of the molecule is Cc1ccc(C)c(NC(=O)CSc2nnc(Cc3ccccc3)c(=O)[nH]2)c1. The second kappa shape index (κ2) is 8.64. The largest absolute Gasteiger partial charge is 0.325 e. The normalized spacial score (nSPS) is 10.6. The first-order valence-corrected chi connectivity index (χ1v) is 9.49. The summed E-state index contributed by atoms with van der Waals surface area (Å²) < 4.78 is 0. The number of carbonyl (C=O) groups excluding carboxylic acids is 1. The molecular weight excluding hydrogens is 360 g/mol. The summed E-state index contributed by atoms with van der Waals surface area (Å²) in [7, 11) is 0. The van der Waals surface area contributed by atoms with Gasteiger partial charge in [-0.2, -0.15) is 0 Å². The molecule has 0 aliphatic rings. The minimum absolute atomic E-state index is 0.135. The molecule has 0 aliphatic heterocycles. The fraction of sp³-hybridized carbons (Fsp3) is 0.200. The number of hydrogen-bond acceptors (Lipinski definition) is 5. The van der Waals surface area contributed by atoms with Gasteiger partial charge in [-0.1, -0.05) is 54.2 Å². The maximum absolute atomic E-state index is 12.2. The monoisotopic (exact) mass is 380 g/mol. The van der Waals surface area contributed by atoms with Crippen molar-refractivity contribution < 1.29 is 4.79 Å². The van der Waals surface area contributed by atoms with Crippen LogP contribution >= 0.6 is 11.8 Å². The first-order valence-electron chi connectivity index (χ1n) is 8.51. The lowest BCUT2D eigenvalue weighted by molar-refractivity contribution is -0.113. The molecule has 0 saturated carbocycles. The lowest BCUT2D eigenvalue weighted by Crippen LogP contribution is -2.19. The van der Waals surface area contributed by atoms with Crippen LogP contribution in [-0.4, -0.2) is 26.8 Å². The maximum Gasteiger partial charge on any atom is 0.273 e. The molecule has 1 heterocycles. The van der Waals surface area contributed by atoms with Crippen molar-refractivity contribution in [1.29, 1.82) is 0 Å². The highest BCUT2D eigenvalue weighted by Crippen LogP contribution is 2.17. The Labute approximate surface area is 161 Å². The quantitative estimate of drug-likeness (QED) is 0.642. The van der Waals surface area contributed by atoms with E-state index in [1.165, 1.54) is 0 Å². The molecule has 0 aliphatic carbocycles. The van der Waals surface area contributed by atoms with Crippen molar-refractivity contribution in [3.05, 3.63) is 81.3 Å². The summed E-state index contributed by atoms with van der Waals surface area (Å²) in [4.78, 5) is 27.1. The van der Waals surface area contributed by atoms with Crippen LogP contribution in [0.4, 0.5) is 5.69 Å². The van der Waals surface area contributed by atoms with Gasteiger partial charge < -0.3 is 5.32 Å². The summed E-state index contributed by atoms with van der Waals surface area (Å²) in [5, 5.41) is 11.2. The van der Waals surface area contributed by atoms with Crippen molar-refractivity contribution >= 4 is 23.4 Å². The molecule has 3 aromatic rings. The Balaban J connectivity index is 1.59. The van der Waals surface area contributed by atoms with E-state index in [0.29, 0.717) is 17.3 Å². The molecule has 7 heteroatoms. The van der Waals surface area contributed by atoms with E-state index in [-0.39, 0.29) is 17.2 Å². The number of anilines is 1. The highest BCUT2D eigenvalue weighted by Gasteiger charge is 2.10. The molecule has 6 nitrogen and oxygen atoms in total. The molecule has 1 aromatic heterocycles. The number of hydrogen-bond donors (Lipinski definition) is 2. The zero-order chi connectivity index (χ0) is 19.2. The van der Waals surface area contributed by atoms with Crippen LogP contribution in [0, 0.1) is 13.8 Å². The molecule has 2 aromatic carbocycles. The average Bonchev–Trinajstić information content (AvgIpc) is 2.66. The minimum atomic E-state index is -0.286. The molecule has 2 N–H and O–H groups in total. The summed E-state index contributed by atoms with van der Waals surface area (Å²) in [5.74, 6) is -0.0274. The zero-order valence-electron chi connectivity index (χ0n) is 15.2. The van der Waals surface area contributed by atoms with Crippen molar-refractivity contribution in [2.75, 3.05) is 11.1 Å². The van der Waals surface area contributed by atoms with Crippen molar-refractivity contribution in [2.45, 2.75) is 25.4 Å². The smallest absolute Gasteiger partial charge is 0.273 e. The maximum atomic E-state index is 12.2. The van der Waals surface area contributed by atoms with Crippen molar-refractivity contribution in [3.63, 3.8) is 0 Å². The summed E-state index contributed by atoms with van der Waals surface area (Å²) in [6.45, 7) is 3.91. The Morgan fingerprint density at radius 3 is 2.63 bits per heavy atom. The highest BCUT2D eigenvalue weighted by molar-refractivity contribution is 7.99. The number of benzene rings is 2. The Morgan fingerprint density at radius 1 is 1.11 bits per heavy atom. The van der Waals surface area contributed by atoms with Crippen LogP contribution in [0.5, 0.6) is 0 Å². The van der Waals surface area contributed by atoms with Crippen molar-refractivity contribution in [2.24, 2.45) is 0 Å². The molecule has 0 unspecified atom stereocenters. The first kappa shape index (κ1) is 18.8. The molecule has 0 atom stereocenters. The molecule has 0 fully saturated rings. The number of rotatable bonds is 6. The molecule has 0 radical (unpaired) electrons. The van der Waals surface area contributed by atoms with Gasteiger partial charge in [-0.25, -0.2) is 0 Å². The lowest BCUT2D eigenvalue weighted by Gasteiger charge is -2.09. The third-order valence-electron chi connectivity index (χ3n) is 3.97. The second-order valence-corrected chi connectivity index (χ2v) is 7.19. The van der Waals surface area contributed by atoms with Gasteiger partial charge in [0.1, 0.15) is 5.69 Å². The van der Waals surface area contributed by atoms with E-state index in [4.69, 9.17) is 0 Å². The van der Waals surface area contributed by atoms with Gasteiger partial charge in [-0.15, -0.1) is 10.2 Å². The molecule has 138 valence electrons. The van der Waals surface area contributed by atoms with E-state index in [1.807, 2.05) is 62.4 Å². The van der Waals surface area contributed by atoms with E-state index < -0.39 is 0 Å². The lowest BCUT2D eigenvalue weighted by atomic mass is 10.1. The number of nitrogens with one attached hydrogen (secondary N) is 2. The molecule has 27 heavy (non-hydrogen) atoms. The van der Waals surface area contributed by atoms with E-state index in [0.717, 1.165) is 34.1 Å². The van der Waals surface area contributed by atoms with Crippen LogP contribution in [-0.2, 0) is 11.2 Å². The predicted octanol–water partition coefficient (Wildman–Crippen LogP) is 3.10. The van der Waals surface area contributed by atoms with E-state index >= 15 is 0 Å². The van der Waals surface area contributed by atoms with Gasteiger partial charge in [0, 0.05) is 12.1 Å². The molecule has 0 bridgehead atoms. The number of carbonyl (C=O) groups is 1. The minimum Gasteiger partial charge on any atom is -0.325 e. The molecule has 1 amide bonds. The molecule has 0 saturated heterocycles. The summed E-state index contributed by atoms with van der Waals surface area (Å²) in [6, 6.07) is 15.5. The first-order chi connectivity index (χ1) is 13.0. The Kier molecular flexibility index (Phi) is 6.03. The molecule has 3 rings (SSSR count).